The van der Waals surface area contributed by atoms with Crippen molar-refractivity contribution in [3.8, 4) is 17.2 Å². The second-order valence-corrected chi connectivity index (χ2v) is 6.82. The van der Waals surface area contributed by atoms with E-state index in [0.29, 0.717) is 35.0 Å². The number of methoxy groups -OCH3 is 4. The standard InChI is InChI=1S/C22H26O6/c1-7-8-14-12-22(27-6)13(2)20(28-19(22)11-16(14)23)15-9-17(24-3)21(26-5)18(10-15)25-4/h7,9-13,20H,1,8H2,2-6H3/t13-,20+,22-/m0/s1. The number of ketones is 1. The molecule has 3 atom stereocenters. The lowest BCUT2D eigenvalue weighted by Gasteiger charge is -2.31. The van der Waals surface area contributed by atoms with Crippen molar-refractivity contribution in [2.45, 2.75) is 25.0 Å². The summed E-state index contributed by atoms with van der Waals surface area (Å²) in [5, 5.41) is 0. The summed E-state index contributed by atoms with van der Waals surface area (Å²) in [5.41, 5.74) is 0.693. The van der Waals surface area contributed by atoms with Crippen LogP contribution < -0.4 is 14.2 Å². The fraction of sp³-hybridized carbons (Fsp3) is 0.409. The third-order valence-electron chi connectivity index (χ3n) is 5.45. The van der Waals surface area contributed by atoms with E-state index in [1.807, 2.05) is 25.1 Å². The first-order valence-corrected chi connectivity index (χ1v) is 9.06. The van der Waals surface area contributed by atoms with E-state index in [4.69, 9.17) is 23.7 Å². The van der Waals surface area contributed by atoms with Gasteiger partial charge in [-0.25, -0.2) is 0 Å². The summed E-state index contributed by atoms with van der Waals surface area (Å²) < 4.78 is 28.5. The van der Waals surface area contributed by atoms with Crippen molar-refractivity contribution in [2.75, 3.05) is 28.4 Å². The molecule has 0 saturated carbocycles. The van der Waals surface area contributed by atoms with Gasteiger partial charge in [-0.1, -0.05) is 13.0 Å². The smallest absolute Gasteiger partial charge is 0.203 e. The largest absolute Gasteiger partial charge is 0.493 e. The highest BCUT2D eigenvalue weighted by Crippen LogP contribution is 2.53. The lowest BCUT2D eigenvalue weighted by molar-refractivity contribution is -0.112. The number of ether oxygens (including phenoxy) is 5. The number of hydrogen-bond donors (Lipinski definition) is 0. The maximum Gasteiger partial charge on any atom is 0.203 e. The molecule has 0 amide bonds. The van der Waals surface area contributed by atoms with Gasteiger partial charge in [0.25, 0.3) is 0 Å². The van der Waals surface area contributed by atoms with Crippen molar-refractivity contribution in [1.82, 2.24) is 0 Å². The number of carbonyl (C=O) groups is 1. The average molecular weight is 386 g/mol. The number of hydrogen-bond acceptors (Lipinski definition) is 6. The minimum atomic E-state index is -0.808. The summed E-state index contributed by atoms with van der Waals surface area (Å²) in [6.45, 7) is 5.77. The molecule has 1 aromatic carbocycles. The first-order valence-electron chi connectivity index (χ1n) is 9.06. The van der Waals surface area contributed by atoms with Crippen molar-refractivity contribution >= 4 is 5.78 Å². The molecule has 1 saturated heterocycles. The fourth-order valence-corrected chi connectivity index (χ4v) is 3.95. The summed E-state index contributed by atoms with van der Waals surface area (Å²) in [6.07, 6.45) is 5.23. The molecule has 1 aliphatic carbocycles. The molecule has 6 heteroatoms. The van der Waals surface area contributed by atoms with E-state index in [9.17, 15) is 4.79 Å². The summed E-state index contributed by atoms with van der Waals surface area (Å²) in [7, 11) is 6.33. The molecule has 0 spiro atoms. The Morgan fingerprint density at radius 2 is 1.79 bits per heavy atom. The Morgan fingerprint density at radius 3 is 2.29 bits per heavy atom. The summed E-state index contributed by atoms with van der Waals surface area (Å²) in [6, 6.07) is 3.72. The van der Waals surface area contributed by atoms with Crippen molar-refractivity contribution in [1.29, 1.82) is 0 Å². The predicted molar refractivity (Wildman–Crippen MR) is 105 cm³/mol. The van der Waals surface area contributed by atoms with E-state index in [-0.39, 0.29) is 17.8 Å². The Morgan fingerprint density at radius 1 is 1.14 bits per heavy atom. The van der Waals surface area contributed by atoms with Crippen LogP contribution in [0, 0.1) is 5.92 Å². The minimum absolute atomic E-state index is 0.0830. The van der Waals surface area contributed by atoms with Crippen molar-refractivity contribution < 1.29 is 28.5 Å². The molecule has 28 heavy (non-hydrogen) atoms. The van der Waals surface area contributed by atoms with Crippen LogP contribution in [-0.4, -0.2) is 39.8 Å². The molecule has 6 nitrogen and oxygen atoms in total. The Balaban J connectivity index is 2.08. The fourth-order valence-electron chi connectivity index (χ4n) is 3.95. The SMILES string of the molecule is C=CCC1=C[C@@]2(OC)C(=CC1=O)O[C@@H](c1cc(OC)c(OC)c(OC)c1)[C@@H]2C. The van der Waals surface area contributed by atoms with Crippen molar-refractivity contribution in [3.63, 3.8) is 0 Å². The van der Waals surface area contributed by atoms with Gasteiger partial charge in [0, 0.05) is 30.2 Å². The molecule has 0 unspecified atom stereocenters. The van der Waals surface area contributed by atoms with Gasteiger partial charge in [-0.3, -0.25) is 4.79 Å². The van der Waals surface area contributed by atoms with Crippen LogP contribution in [-0.2, 0) is 14.3 Å². The van der Waals surface area contributed by atoms with Gasteiger partial charge < -0.3 is 23.7 Å². The Kier molecular flexibility index (Phi) is 5.52. The van der Waals surface area contributed by atoms with Crippen LogP contribution >= 0.6 is 0 Å². The summed E-state index contributed by atoms with van der Waals surface area (Å²) in [5.74, 6) is 1.93. The molecule has 1 heterocycles. The molecule has 3 rings (SSSR count). The third kappa shape index (κ3) is 2.98. The number of fused-ring (bicyclic) bond motifs is 1. The highest BCUT2D eigenvalue weighted by molar-refractivity contribution is 6.06. The van der Waals surface area contributed by atoms with Crippen LogP contribution in [0.4, 0.5) is 0 Å². The molecular formula is C22H26O6. The van der Waals surface area contributed by atoms with Crippen LogP contribution in [0.15, 0.2) is 48.3 Å². The second-order valence-electron chi connectivity index (χ2n) is 6.82. The van der Waals surface area contributed by atoms with Crippen molar-refractivity contribution in [3.05, 3.63) is 53.8 Å². The third-order valence-corrected chi connectivity index (χ3v) is 5.45. The van der Waals surface area contributed by atoms with Crippen LogP contribution in [0.3, 0.4) is 0 Å². The molecule has 0 N–H and O–H groups in total. The molecule has 0 radical (unpaired) electrons. The zero-order chi connectivity index (χ0) is 20.5. The van der Waals surface area contributed by atoms with Gasteiger partial charge in [-0.05, 0) is 24.6 Å². The van der Waals surface area contributed by atoms with Crippen LogP contribution in [0.25, 0.3) is 0 Å². The molecule has 2 aliphatic rings. The molecule has 0 bridgehead atoms. The number of rotatable bonds is 7. The molecule has 150 valence electrons. The van der Waals surface area contributed by atoms with Gasteiger partial charge in [0.15, 0.2) is 17.3 Å². The number of benzene rings is 1. The van der Waals surface area contributed by atoms with Crippen LogP contribution in [0.2, 0.25) is 0 Å². The normalized spacial score (nSPS) is 26.0. The monoisotopic (exact) mass is 386 g/mol. The molecule has 1 fully saturated rings. The summed E-state index contributed by atoms with van der Waals surface area (Å²) in [4.78, 5) is 12.4. The van der Waals surface area contributed by atoms with Gasteiger partial charge in [0.05, 0.1) is 21.3 Å². The molecule has 1 aliphatic heterocycles. The van der Waals surface area contributed by atoms with E-state index in [1.165, 1.54) is 6.08 Å². The highest BCUT2D eigenvalue weighted by atomic mass is 16.6. The second kappa shape index (κ2) is 7.72. The molecule has 1 aromatic rings. The topological polar surface area (TPSA) is 63.2 Å². The van der Waals surface area contributed by atoms with Gasteiger partial charge >= 0.3 is 0 Å². The highest BCUT2D eigenvalue weighted by Gasteiger charge is 2.54. The van der Waals surface area contributed by atoms with E-state index >= 15 is 0 Å². The zero-order valence-corrected chi connectivity index (χ0v) is 16.9. The van der Waals surface area contributed by atoms with Crippen molar-refractivity contribution in [2.24, 2.45) is 5.92 Å². The summed E-state index contributed by atoms with van der Waals surface area (Å²) >= 11 is 0. The quantitative estimate of drug-likeness (QED) is 0.665. The Hall–Kier alpha value is -2.73. The molecule has 0 aromatic heterocycles. The Labute approximate surface area is 165 Å². The number of carbonyl (C=O) groups excluding carboxylic acids is 1. The Bertz CT molecular complexity index is 828. The van der Waals surface area contributed by atoms with Gasteiger partial charge in [0.2, 0.25) is 5.75 Å². The van der Waals surface area contributed by atoms with E-state index in [2.05, 4.69) is 6.58 Å². The number of allylic oxidation sites excluding steroid dienone is 3. The lowest BCUT2D eigenvalue weighted by Crippen LogP contribution is -2.38. The maximum absolute atomic E-state index is 12.4. The van der Waals surface area contributed by atoms with Gasteiger partial charge in [0.1, 0.15) is 17.5 Å². The minimum Gasteiger partial charge on any atom is -0.493 e. The van der Waals surface area contributed by atoms with Crippen LogP contribution in [0.1, 0.15) is 25.0 Å². The first-order chi connectivity index (χ1) is 13.4. The van der Waals surface area contributed by atoms with E-state index in [1.54, 1.807) is 34.5 Å². The van der Waals surface area contributed by atoms with Gasteiger partial charge in [-0.15, -0.1) is 6.58 Å². The predicted octanol–water partition coefficient (Wildman–Crippen LogP) is 3.77. The van der Waals surface area contributed by atoms with Gasteiger partial charge in [-0.2, -0.15) is 0 Å². The lowest BCUT2D eigenvalue weighted by atomic mass is 9.78. The zero-order valence-electron chi connectivity index (χ0n) is 16.9. The van der Waals surface area contributed by atoms with E-state index in [0.717, 1.165) is 5.56 Å². The maximum atomic E-state index is 12.4. The average Bonchev–Trinajstić information content (AvgIpc) is 2.99. The van der Waals surface area contributed by atoms with E-state index < -0.39 is 5.60 Å². The first kappa shape index (κ1) is 20.0. The molecular weight excluding hydrogens is 360 g/mol. The van der Waals surface area contributed by atoms with Crippen LogP contribution in [0.5, 0.6) is 17.2 Å².